The number of benzene rings is 1. The summed E-state index contributed by atoms with van der Waals surface area (Å²) < 4.78 is 16.1. The van der Waals surface area contributed by atoms with E-state index in [0.717, 1.165) is 5.75 Å². The zero-order chi connectivity index (χ0) is 13.0. The number of methoxy groups -OCH3 is 2. The van der Waals surface area contributed by atoms with Crippen molar-refractivity contribution >= 4 is 10.5 Å². The lowest BCUT2D eigenvalue weighted by molar-refractivity contribution is 0.334. The van der Waals surface area contributed by atoms with E-state index in [1.807, 2.05) is 6.07 Å². The highest BCUT2D eigenvalue weighted by atomic mass is 28.2. The molecule has 0 atom stereocenters. The molecule has 2 rings (SSSR count). The van der Waals surface area contributed by atoms with Gasteiger partial charge in [0.1, 0.15) is 5.75 Å². The van der Waals surface area contributed by atoms with Crippen LogP contribution in [0.4, 0.5) is 0 Å². The fourth-order valence-electron chi connectivity index (χ4n) is 2.78. The minimum atomic E-state index is 0.575. The fourth-order valence-corrected chi connectivity index (χ4v) is 2.94. The van der Waals surface area contributed by atoms with E-state index >= 15 is 0 Å². The summed E-state index contributed by atoms with van der Waals surface area (Å²) in [5.74, 6) is 2.69. The van der Waals surface area contributed by atoms with Gasteiger partial charge in [-0.05, 0) is 24.8 Å². The lowest BCUT2D eigenvalue weighted by Crippen LogP contribution is -2.07. The standard InChI is InChI=1S/C14H19O3Si/c1-15-13-11(10-6-4-3-5-7-10)8-9-12(17-18)14(13)16-2/h8-10H,3-7H2,1-2H3. The number of hydrogen-bond donors (Lipinski definition) is 0. The van der Waals surface area contributed by atoms with Gasteiger partial charge in [0.25, 0.3) is 0 Å². The third-order valence-corrected chi connectivity index (χ3v) is 3.89. The van der Waals surface area contributed by atoms with Crippen molar-refractivity contribution < 1.29 is 13.9 Å². The van der Waals surface area contributed by atoms with Gasteiger partial charge in [0.2, 0.25) is 5.75 Å². The molecule has 18 heavy (non-hydrogen) atoms. The Kier molecular flexibility index (Phi) is 4.52. The van der Waals surface area contributed by atoms with Crippen molar-refractivity contribution in [2.45, 2.75) is 38.0 Å². The highest BCUT2D eigenvalue weighted by molar-refractivity contribution is 6.00. The minimum Gasteiger partial charge on any atom is -0.538 e. The lowest BCUT2D eigenvalue weighted by atomic mass is 9.83. The summed E-state index contributed by atoms with van der Waals surface area (Å²) in [5, 5.41) is 0. The van der Waals surface area contributed by atoms with E-state index in [4.69, 9.17) is 13.9 Å². The monoisotopic (exact) mass is 263 g/mol. The molecule has 97 valence electrons. The Balaban J connectivity index is 2.40. The van der Waals surface area contributed by atoms with Crippen LogP contribution in [0.15, 0.2) is 12.1 Å². The van der Waals surface area contributed by atoms with Crippen molar-refractivity contribution in [1.82, 2.24) is 0 Å². The Morgan fingerprint density at radius 3 is 2.22 bits per heavy atom. The second-order valence-electron chi connectivity index (χ2n) is 4.66. The van der Waals surface area contributed by atoms with Crippen molar-refractivity contribution in [2.24, 2.45) is 0 Å². The van der Waals surface area contributed by atoms with E-state index in [-0.39, 0.29) is 0 Å². The number of hydrogen-bond acceptors (Lipinski definition) is 3. The highest BCUT2D eigenvalue weighted by Gasteiger charge is 2.23. The smallest absolute Gasteiger partial charge is 0.341 e. The van der Waals surface area contributed by atoms with Crippen LogP contribution < -0.4 is 13.9 Å². The summed E-state index contributed by atoms with van der Waals surface area (Å²) in [6.07, 6.45) is 6.40. The molecule has 0 amide bonds. The Morgan fingerprint density at radius 2 is 1.67 bits per heavy atom. The topological polar surface area (TPSA) is 27.7 Å². The second-order valence-corrected chi connectivity index (χ2v) is 4.86. The van der Waals surface area contributed by atoms with Crippen LogP contribution in [0.3, 0.4) is 0 Å². The number of ether oxygens (including phenoxy) is 2. The molecule has 4 heteroatoms. The molecule has 0 N–H and O–H groups in total. The normalized spacial score (nSPS) is 16.4. The summed E-state index contributed by atoms with van der Waals surface area (Å²) in [6.45, 7) is 0. The zero-order valence-corrected chi connectivity index (χ0v) is 12.0. The average molecular weight is 263 g/mol. The SMILES string of the molecule is COc1c(O[Si])ccc(C2CCCCC2)c1OC. The van der Waals surface area contributed by atoms with Gasteiger partial charge in [-0.3, -0.25) is 0 Å². The Bertz CT molecular complexity index is 400. The molecule has 1 aliphatic carbocycles. The third-order valence-electron chi connectivity index (χ3n) is 3.67. The van der Waals surface area contributed by atoms with Crippen molar-refractivity contribution in [3.8, 4) is 17.2 Å². The first kappa shape index (κ1) is 13.3. The molecule has 1 aliphatic rings. The molecule has 0 bridgehead atoms. The van der Waals surface area contributed by atoms with E-state index in [2.05, 4.69) is 16.6 Å². The summed E-state index contributed by atoms with van der Waals surface area (Å²) in [5.41, 5.74) is 1.24. The van der Waals surface area contributed by atoms with Crippen LogP contribution in [-0.4, -0.2) is 24.7 Å². The number of rotatable bonds is 4. The summed E-state index contributed by atoms with van der Waals surface area (Å²) in [7, 11) is 6.37. The molecule has 0 heterocycles. The van der Waals surface area contributed by atoms with Gasteiger partial charge < -0.3 is 13.9 Å². The van der Waals surface area contributed by atoms with E-state index in [9.17, 15) is 0 Å². The van der Waals surface area contributed by atoms with Gasteiger partial charge in [-0.1, -0.05) is 25.3 Å². The van der Waals surface area contributed by atoms with Gasteiger partial charge in [0, 0.05) is 5.56 Å². The molecule has 3 nitrogen and oxygen atoms in total. The van der Waals surface area contributed by atoms with Crippen molar-refractivity contribution in [3.63, 3.8) is 0 Å². The molecule has 3 radical (unpaired) electrons. The Hall–Kier alpha value is -1.16. The van der Waals surface area contributed by atoms with Crippen molar-refractivity contribution in [1.29, 1.82) is 0 Å². The van der Waals surface area contributed by atoms with Crippen LogP contribution in [-0.2, 0) is 0 Å². The predicted octanol–water partition coefficient (Wildman–Crippen LogP) is 3.21. The largest absolute Gasteiger partial charge is 0.538 e. The summed E-state index contributed by atoms with van der Waals surface area (Å²) >= 11 is 0. The van der Waals surface area contributed by atoms with E-state index in [1.165, 1.54) is 37.7 Å². The van der Waals surface area contributed by atoms with Gasteiger partial charge in [-0.15, -0.1) is 0 Å². The van der Waals surface area contributed by atoms with E-state index < -0.39 is 0 Å². The molecule has 0 spiro atoms. The molecule has 1 fully saturated rings. The van der Waals surface area contributed by atoms with Crippen LogP contribution in [0, 0.1) is 0 Å². The van der Waals surface area contributed by atoms with Crippen molar-refractivity contribution in [2.75, 3.05) is 14.2 Å². The molecule has 0 unspecified atom stereocenters. The summed E-state index contributed by atoms with van der Waals surface area (Å²) in [6, 6.07) is 4.02. The fraction of sp³-hybridized carbons (Fsp3) is 0.571. The average Bonchev–Trinajstić information content (AvgIpc) is 2.46. The molecule has 1 aromatic carbocycles. The maximum absolute atomic E-state index is 5.54. The first-order valence-corrected chi connectivity index (χ1v) is 6.81. The molecule has 0 aliphatic heterocycles. The van der Waals surface area contributed by atoms with Gasteiger partial charge in [-0.25, -0.2) is 0 Å². The van der Waals surface area contributed by atoms with Gasteiger partial charge in [0.15, 0.2) is 5.75 Å². The van der Waals surface area contributed by atoms with Crippen LogP contribution in [0.2, 0.25) is 0 Å². The third kappa shape index (κ3) is 2.48. The maximum Gasteiger partial charge on any atom is 0.341 e. The van der Waals surface area contributed by atoms with E-state index in [0.29, 0.717) is 17.4 Å². The maximum atomic E-state index is 5.54. The zero-order valence-electron chi connectivity index (χ0n) is 11.0. The Labute approximate surface area is 112 Å². The minimum absolute atomic E-state index is 0.575. The molecule has 0 saturated heterocycles. The molecule has 0 aromatic heterocycles. The second kappa shape index (κ2) is 6.14. The molecule has 1 saturated carbocycles. The predicted molar refractivity (Wildman–Crippen MR) is 71.8 cm³/mol. The molecular formula is C14H19O3Si. The first-order valence-electron chi connectivity index (χ1n) is 6.40. The first-order chi connectivity index (χ1) is 8.81. The van der Waals surface area contributed by atoms with Gasteiger partial charge in [0.05, 0.1) is 14.2 Å². The van der Waals surface area contributed by atoms with Gasteiger partial charge >= 0.3 is 10.5 Å². The van der Waals surface area contributed by atoms with Crippen LogP contribution in [0.25, 0.3) is 0 Å². The Morgan fingerprint density at radius 1 is 1.00 bits per heavy atom. The van der Waals surface area contributed by atoms with Crippen molar-refractivity contribution in [3.05, 3.63) is 17.7 Å². The lowest BCUT2D eigenvalue weighted by Gasteiger charge is -2.25. The molecular weight excluding hydrogens is 244 g/mol. The van der Waals surface area contributed by atoms with Crippen LogP contribution in [0.5, 0.6) is 17.2 Å². The summed E-state index contributed by atoms with van der Waals surface area (Å²) in [4.78, 5) is 0. The molecule has 1 aromatic rings. The van der Waals surface area contributed by atoms with Gasteiger partial charge in [-0.2, -0.15) is 0 Å². The van der Waals surface area contributed by atoms with Crippen LogP contribution in [0.1, 0.15) is 43.6 Å². The quantitative estimate of drug-likeness (QED) is 0.781. The highest BCUT2D eigenvalue weighted by Crippen LogP contribution is 2.45. The van der Waals surface area contributed by atoms with E-state index in [1.54, 1.807) is 14.2 Å². The van der Waals surface area contributed by atoms with Crippen LogP contribution >= 0.6 is 0 Å².